The van der Waals surface area contributed by atoms with Gasteiger partial charge in [0.05, 0.1) is 0 Å². The summed E-state index contributed by atoms with van der Waals surface area (Å²) in [4.78, 5) is 0. The van der Waals surface area contributed by atoms with Gasteiger partial charge < -0.3 is 0 Å². The van der Waals surface area contributed by atoms with E-state index >= 15 is 0 Å². The Morgan fingerprint density at radius 2 is 1.25 bits per heavy atom. The number of hydrogen-bond donors (Lipinski definition) is 0. The van der Waals surface area contributed by atoms with E-state index in [1.807, 2.05) is 0 Å². The predicted octanol–water partition coefficient (Wildman–Crippen LogP) is -1.04. The third-order valence-electron chi connectivity index (χ3n) is 0. The predicted molar refractivity (Wildman–Crippen MR) is 9.23 cm³/mol. The average Bonchev–Trinajstić information content (AvgIpc) is 1.00. The third-order valence-corrected chi connectivity index (χ3v) is 0. The van der Waals surface area contributed by atoms with Crippen LogP contribution in [0.25, 0.3) is 0 Å². The molecule has 0 heterocycles. The fraction of sp³-hybridized carbons (Fsp3) is 0. The second-order valence-electron chi connectivity index (χ2n) is 0. The van der Waals surface area contributed by atoms with E-state index in [0.717, 1.165) is 0 Å². The van der Waals surface area contributed by atoms with Gasteiger partial charge in [-0.1, -0.05) is 0 Å². The summed E-state index contributed by atoms with van der Waals surface area (Å²) in [7, 11) is 0. The van der Waals surface area contributed by atoms with E-state index < -0.39 is 0 Å². The summed E-state index contributed by atoms with van der Waals surface area (Å²) in [5.74, 6) is 0. The summed E-state index contributed by atoms with van der Waals surface area (Å²) in [6, 6.07) is 0. The van der Waals surface area contributed by atoms with Crippen LogP contribution in [-0.4, -0.2) is 37.7 Å². The van der Waals surface area contributed by atoms with Gasteiger partial charge in [0.1, 0.15) is 0 Å². The van der Waals surface area contributed by atoms with Crippen LogP contribution in [0.2, 0.25) is 0 Å². The first-order chi connectivity index (χ1) is 1.00. The van der Waals surface area contributed by atoms with Crippen LogP contribution in [0, 0.1) is 0 Å². The molecule has 0 aliphatic heterocycles. The molecule has 0 fully saturated rings. The van der Waals surface area contributed by atoms with Gasteiger partial charge in [0.15, 0.2) is 0 Å². The zero-order chi connectivity index (χ0) is 2.00. The minimum atomic E-state index is 0. The molecule has 4 heavy (non-hydrogen) atoms. The average molecular weight is 214 g/mol. The molecule has 25 valence electrons. The van der Waals surface area contributed by atoms with Crippen molar-refractivity contribution in [1.82, 2.24) is 0 Å². The summed E-state index contributed by atoms with van der Waals surface area (Å²) in [5, 5.41) is 0. The molecule has 0 atom stereocenters. The van der Waals surface area contributed by atoms with Crippen LogP contribution in [0.4, 0.5) is 0 Å². The van der Waals surface area contributed by atoms with Crippen LogP contribution in [-0.2, 0) is 39.3 Å². The standard InChI is InChI=1S/Ca.Mn.O.Ru.2H. The van der Waals surface area contributed by atoms with Gasteiger partial charge in [-0.15, -0.1) is 0 Å². The maximum atomic E-state index is 8.06. The van der Waals surface area contributed by atoms with E-state index in [9.17, 15) is 0 Å². The molecule has 0 aromatic carbocycles. The van der Waals surface area contributed by atoms with Gasteiger partial charge in [-0.2, -0.15) is 0 Å². The quantitative estimate of drug-likeness (QED) is 0.471. The minimum Gasteiger partial charge on any atom is 0 e. The van der Waals surface area contributed by atoms with E-state index in [0.29, 0.717) is 0 Å². The molecule has 0 N–H and O–H groups in total. The van der Waals surface area contributed by atoms with Crippen molar-refractivity contribution in [3.05, 3.63) is 0 Å². The molecule has 0 spiro atoms. The van der Waals surface area contributed by atoms with E-state index in [4.69, 9.17) is 3.83 Å². The Morgan fingerprint density at radius 3 is 1.25 bits per heavy atom. The molecule has 0 radical (unpaired) electrons. The van der Waals surface area contributed by atoms with Gasteiger partial charge in [-0.3, -0.25) is 0 Å². The molecular formula is H2CaMnORu. The molecule has 0 amide bonds. The summed E-state index contributed by atoms with van der Waals surface area (Å²) in [5.41, 5.74) is 0. The zero-order valence-corrected chi connectivity index (χ0v) is 4.06. The molecule has 0 bridgehead atoms. The summed E-state index contributed by atoms with van der Waals surface area (Å²) < 4.78 is 8.06. The van der Waals surface area contributed by atoms with Crippen molar-refractivity contribution in [2.24, 2.45) is 0 Å². The molecule has 1 nitrogen and oxygen atoms in total. The number of hydrogen-bond acceptors (Lipinski definition) is 1. The first-order valence-corrected chi connectivity index (χ1v) is 0.636. The van der Waals surface area contributed by atoms with Gasteiger partial charge in [0, 0.05) is 19.5 Å². The first-order valence-electron chi connectivity index (χ1n) is 0.154. The van der Waals surface area contributed by atoms with E-state index in [1.54, 1.807) is 15.9 Å². The van der Waals surface area contributed by atoms with Crippen molar-refractivity contribution in [2.45, 2.75) is 0 Å². The molecular weight excluding hydrogens is 212 g/mol. The second-order valence-corrected chi connectivity index (χ2v) is 0. The summed E-state index contributed by atoms with van der Waals surface area (Å²) >= 11 is 1.69. The maximum absolute atomic E-state index is 8.06. The van der Waals surface area contributed by atoms with Crippen LogP contribution >= 0.6 is 0 Å². The Bertz CT molecular complexity index is 8.00. The van der Waals surface area contributed by atoms with Crippen LogP contribution < -0.4 is 0 Å². The van der Waals surface area contributed by atoms with Crippen molar-refractivity contribution < 1.29 is 39.3 Å². The zero-order valence-electron chi connectivity index (χ0n) is 1.14. The molecule has 0 saturated carbocycles. The fourth-order valence-electron chi connectivity index (χ4n) is 0. The first kappa shape index (κ1) is 16.4. The monoisotopic (exact) mass is 215 g/mol. The van der Waals surface area contributed by atoms with Crippen molar-refractivity contribution in [1.29, 1.82) is 0 Å². The van der Waals surface area contributed by atoms with Crippen LogP contribution in [0.1, 0.15) is 0 Å². The minimum absolute atomic E-state index is 0. The van der Waals surface area contributed by atoms with Gasteiger partial charge in [-0.25, -0.2) is 0 Å². The maximum Gasteiger partial charge on any atom is 0 e. The molecule has 0 aliphatic rings. The SMILES string of the molecule is [CaH2].[O]=[Mn].[Ru]. The molecule has 0 aliphatic carbocycles. The van der Waals surface area contributed by atoms with E-state index in [-0.39, 0.29) is 57.2 Å². The topological polar surface area (TPSA) is 17.1 Å². The normalized spacial score (nSPS) is 1.00. The fourth-order valence-corrected chi connectivity index (χ4v) is 0. The molecule has 0 aromatic heterocycles. The van der Waals surface area contributed by atoms with Gasteiger partial charge in [-0.05, 0) is 0 Å². The van der Waals surface area contributed by atoms with E-state index in [1.165, 1.54) is 0 Å². The second kappa shape index (κ2) is 18.9. The van der Waals surface area contributed by atoms with E-state index in [2.05, 4.69) is 0 Å². The van der Waals surface area contributed by atoms with Gasteiger partial charge in [0.2, 0.25) is 0 Å². The molecule has 4 heteroatoms. The largest absolute Gasteiger partial charge is 0 e. The molecule has 0 unspecified atom stereocenters. The van der Waals surface area contributed by atoms with Crippen molar-refractivity contribution in [3.8, 4) is 0 Å². The van der Waals surface area contributed by atoms with Crippen molar-refractivity contribution in [2.75, 3.05) is 0 Å². The van der Waals surface area contributed by atoms with Gasteiger partial charge in [0.25, 0.3) is 0 Å². The molecule has 0 rings (SSSR count). The third kappa shape index (κ3) is 8.88. The smallest absolute Gasteiger partial charge is 0 e. The Hall–Kier alpha value is 2.20. The van der Waals surface area contributed by atoms with Gasteiger partial charge >= 0.3 is 57.5 Å². The Kier molecular flexibility index (Phi) is 77.5. The Labute approximate surface area is 75.7 Å². The Balaban J connectivity index is -0.00000000500. The van der Waals surface area contributed by atoms with Crippen LogP contribution in [0.15, 0.2) is 0 Å². The van der Waals surface area contributed by atoms with Crippen molar-refractivity contribution >= 4 is 37.7 Å². The number of rotatable bonds is 0. The molecule has 0 saturated heterocycles. The van der Waals surface area contributed by atoms with Crippen LogP contribution in [0.5, 0.6) is 0 Å². The summed E-state index contributed by atoms with van der Waals surface area (Å²) in [6.45, 7) is 0. The van der Waals surface area contributed by atoms with Crippen LogP contribution in [0.3, 0.4) is 0 Å². The molecule has 0 aromatic rings. The van der Waals surface area contributed by atoms with Crippen molar-refractivity contribution in [3.63, 3.8) is 0 Å². The summed E-state index contributed by atoms with van der Waals surface area (Å²) in [6.07, 6.45) is 0. The Morgan fingerprint density at radius 1 is 1.25 bits per heavy atom.